The highest BCUT2D eigenvalue weighted by molar-refractivity contribution is 5.13. The average Bonchev–Trinajstić information content (AvgIpc) is 2.77. The molecule has 0 aromatic carbocycles. The van der Waals surface area contributed by atoms with Crippen molar-refractivity contribution in [3.63, 3.8) is 0 Å². The Morgan fingerprint density at radius 3 is 3.07 bits per heavy atom. The molecule has 0 bridgehead atoms. The molecule has 0 aliphatic carbocycles. The van der Waals surface area contributed by atoms with Gasteiger partial charge >= 0.3 is 0 Å². The molecule has 0 fully saturated rings. The van der Waals surface area contributed by atoms with Crippen molar-refractivity contribution in [2.24, 2.45) is 12.8 Å². The molecule has 4 heteroatoms. The van der Waals surface area contributed by atoms with Gasteiger partial charge < -0.3 is 14.7 Å². The van der Waals surface area contributed by atoms with E-state index in [0.29, 0.717) is 0 Å². The number of hydrogen-bond donors (Lipinski definition) is 1. The monoisotopic (exact) mass is 191 g/mol. The molecule has 2 aromatic heterocycles. The van der Waals surface area contributed by atoms with Crippen molar-refractivity contribution in [2.45, 2.75) is 12.5 Å². The predicted octanol–water partition coefficient (Wildman–Crippen LogP) is 1.26. The number of imidazole rings is 1. The van der Waals surface area contributed by atoms with E-state index in [9.17, 15) is 0 Å². The van der Waals surface area contributed by atoms with Crippen molar-refractivity contribution < 1.29 is 4.42 Å². The van der Waals surface area contributed by atoms with Crippen LogP contribution in [0.2, 0.25) is 0 Å². The van der Waals surface area contributed by atoms with E-state index in [2.05, 4.69) is 4.98 Å². The maximum Gasteiger partial charge on any atom is 0.110 e. The Balaban J connectivity index is 2.09. The summed E-state index contributed by atoms with van der Waals surface area (Å²) < 4.78 is 6.95. The highest BCUT2D eigenvalue weighted by Gasteiger charge is 2.10. The second kappa shape index (κ2) is 3.67. The summed E-state index contributed by atoms with van der Waals surface area (Å²) in [6.45, 7) is 0. The molecule has 2 heterocycles. The second-order valence-electron chi connectivity index (χ2n) is 3.32. The first-order valence-electron chi connectivity index (χ1n) is 4.51. The van der Waals surface area contributed by atoms with Gasteiger partial charge in [-0.2, -0.15) is 0 Å². The van der Waals surface area contributed by atoms with Crippen LogP contribution in [0.1, 0.15) is 17.4 Å². The van der Waals surface area contributed by atoms with E-state index in [1.807, 2.05) is 23.9 Å². The molecule has 2 N–H and O–H groups in total. The van der Waals surface area contributed by atoms with Gasteiger partial charge in [0, 0.05) is 37.5 Å². The van der Waals surface area contributed by atoms with E-state index in [4.69, 9.17) is 10.2 Å². The Kier molecular flexibility index (Phi) is 2.37. The summed E-state index contributed by atoms with van der Waals surface area (Å²) in [7, 11) is 1.96. The van der Waals surface area contributed by atoms with Crippen molar-refractivity contribution in [1.82, 2.24) is 9.55 Å². The third kappa shape index (κ3) is 1.70. The SMILES string of the molecule is Cn1ccnc1CC(N)c1ccoc1. The molecular formula is C10H13N3O. The highest BCUT2D eigenvalue weighted by atomic mass is 16.3. The summed E-state index contributed by atoms with van der Waals surface area (Å²) in [6.07, 6.45) is 7.72. The van der Waals surface area contributed by atoms with E-state index in [1.54, 1.807) is 18.7 Å². The second-order valence-corrected chi connectivity index (χ2v) is 3.32. The van der Waals surface area contributed by atoms with Crippen molar-refractivity contribution in [1.29, 1.82) is 0 Å². The van der Waals surface area contributed by atoms with Crippen LogP contribution in [0.15, 0.2) is 35.4 Å². The van der Waals surface area contributed by atoms with Crippen LogP contribution in [0.5, 0.6) is 0 Å². The number of aryl methyl sites for hydroxylation is 1. The van der Waals surface area contributed by atoms with E-state index in [1.165, 1.54) is 0 Å². The van der Waals surface area contributed by atoms with E-state index >= 15 is 0 Å². The lowest BCUT2D eigenvalue weighted by atomic mass is 10.1. The Morgan fingerprint density at radius 1 is 1.64 bits per heavy atom. The molecular weight excluding hydrogens is 178 g/mol. The quantitative estimate of drug-likeness (QED) is 0.794. The number of hydrogen-bond acceptors (Lipinski definition) is 3. The van der Waals surface area contributed by atoms with Crippen molar-refractivity contribution in [3.05, 3.63) is 42.4 Å². The van der Waals surface area contributed by atoms with Gasteiger partial charge in [-0.05, 0) is 6.07 Å². The standard InChI is InChI=1S/C10H13N3O/c1-13-4-3-12-10(13)6-9(11)8-2-5-14-7-8/h2-5,7,9H,6,11H2,1H3. The Bertz CT molecular complexity index is 391. The number of rotatable bonds is 3. The van der Waals surface area contributed by atoms with Crippen LogP contribution in [0.25, 0.3) is 0 Å². The molecule has 0 saturated heterocycles. The minimum Gasteiger partial charge on any atom is -0.472 e. The van der Waals surface area contributed by atoms with E-state index < -0.39 is 0 Å². The van der Waals surface area contributed by atoms with E-state index in [0.717, 1.165) is 17.8 Å². The van der Waals surface area contributed by atoms with Crippen LogP contribution in [-0.2, 0) is 13.5 Å². The molecule has 2 aromatic rings. The van der Waals surface area contributed by atoms with Crippen molar-refractivity contribution in [2.75, 3.05) is 0 Å². The van der Waals surface area contributed by atoms with Crippen LogP contribution in [0, 0.1) is 0 Å². The number of nitrogens with two attached hydrogens (primary N) is 1. The van der Waals surface area contributed by atoms with Crippen LogP contribution in [-0.4, -0.2) is 9.55 Å². The summed E-state index contributed by atoms with van der Waals surface area (Å²) in [5.74, 6) is 0.985. The van der Waals surface area contributed by atoms with Crippen LogP contribution >= 0.6 is 0 Å². The summed E-state index contributed by atoms with van der Waals surface area (Å²) in [5, 5.41) is 0. The molecule has 0 saturated carbocycles. The van der Waals surface area contributed by atoms with Gasteiger partial charge in [0.05, 0.1) is 12.5 Å². The minimum absolute atomic E-state index is 0.0464. The topological polar surface area (TPSA) is 57.0 Å². The number of furan rings is 1. The third-order valence-electron chi connectivity index (χ3n) is 2.29. The zero-order chi connectivity index (χ0) is 9.97. The zero-order valence-electron chi connectivity index (χ0n) is 8.05. The molecule has 14 heavy (non-hydrogen) atoms. The van der Waals surface area contributed by atoms with Gasteiger partial charge in [-0.1, -0.05) is 0 Å². The molecule has 0 radical (unpaired) electrons. The Labute approximate surface area is 82.4 Å². The molecule has 0 aliphatic rings. The predicted molar refractivity (Wildman–Crippen MR) is 52.5 cm³/mol. The minimum atomic E-state index is -0.0464. The lowest BCUT2D eigenvalue weighted by Crippen LogP contribution is -2.14. The molecule has 1 atom stereocenters. The van der Waals surface area contributed by atoms with Crippen LogP contribution < -0.4 is 5.73 Å². The fourth-order valence-corrected chi connectivity index (χ4v) is 1.39. The molecule has 0 spiro atoms. The lowest BCUT2D eigenvalue weighted by molar-refractivity contribution is 0.556. The van der Waals surface area contributed by atoms with Crippen LogP contribution in [0.4, 0.5) is 0 Å². The fraction of sp³-hybridized carbons (Fsp3) is 0.300. The number of aromatic nitrogens is 2. The zero-order valence-corrected chi connectivity index (χ0v) is 8.05. The molecule has 4 nitrogen and oxygen atoms in total. The fourth-order valence-electron chi connectivity index (χ4n) is 1.39. The summed E-state index contributed by atoms with van der Waals surface area (Å²) in [6, 6.07) is 1.84. The smallest absolute Gasteiger partial charge is 0.110 e. The molecule has 2 rings (SSSR count). The summed E-state index contributed by atoms with van der Waals surface area (Å²) in [4.78, 5) is 4.22. The lowest BCUT2D eigenvalue weighted by Gasteiger charge is -2.08. The van der Waals surface area contributed by atoms with Crippen molar-refractivity contribution >= 4 is 0 Å². The highest BCUT2D eigenvalue weighted by Crippen LogP contribution is 2.14. The third-order valence-corrected chi connectivity index (χ3v) is 2.29. The van der Waals surface area contributed by atoms with Gasteiger partial charge in [0.25, 0.3) is 0 Å². The Hall–Kier alpha value is -1.55. The average molecular weight is 191 g/mol. The maximum absolute atomic E-state index is 5.99. The Morgan fingerprint density at radius 2 is 2.50 bits per heavy atom. The first-order valence-corrected chi connectivity index (χ1v) is 4.51. The van der Waals surface area contributed by atoms with Gasteiger partial charge in [-0.3, -0.25) is 0 Å². The van der Waals surface area contributed by atoms with Crippen LogP contribution in [0.3, 0.4) is 0 Å². The van der Waals surface area contributed by atoms with Crippen molar-refractivity contribution in [3.8, 4) is 0 Å². The summed E-state index contributed by atoms with van der Waals surface area (Å²) in [5.41, 5.74) is 6.99. The molecule has 1 unspecified atom stereocenters. The van der Waals surface area contributed by atoms with E-state index in [-0.39, 0.29) is 6.04 Å². The first kappa shape index (κ1) is 9.02. The molecule has 74 valence electrons. The number of nitrogens with zero attached hydrogens (tertiary/aromatic N) is 2. The van der Waals surface area contributed by atoms with Gasteiger partial charge in [0.1, 0.15) is 5.82 Å². The summed E-state index contributed by atoms with van der Waals surface area (Å²) >= 11 is 0. The largest absolute Gasteiger partial charge is 0.472 e. The normalized spacial score (nSPS) is 13.0. The maximum atomic E-state index is 5.99. The van der Waals surface area contributed by atoms with Gasteiger partial charge in [-0.25, -0.2) is 4.98 Å². The molecule has 0 amide bonds. The first-order chi connectivity index (χ1) is 6.77. The van der Waals surface area contributed by atoms with Gasteiger partial charge in [0.2, 0.25) is 0 Å². The van der Waals surface area contributed by atoms with Gasteiger partial charge in [0.15, 0.2) is 0 Å². The molecule has 0 aliphatic heterocycles. The van der Waals surface area contributed by atoms with Gasteiger partial charge in [-0.15, -0.1) is 0 Å².